The maximum atomic E-state index is 11.9. The van der Waals surface area contributed by atoms with Crippen LogP contribution in [0, 0.1) is 0 Å². The molecule has 0 aliphatic heterocycles. The van der Waals surface area contributed by atoms with Crippen LogP contribution in [0.2, 0.25) is 0 Å². The highest BCUT2D eigenvalue weighted by Crippen LogP contribution is 2.17. The highest BCUT2D eigenvalue weighted by molar-refractivity contribution is 7.09. The van der Waals surface area contributed by atoms with Crippen LogP contribution in [-0.2, 0) is 6.42 Å². The zero-order valence-corrected chi connectivity index (χ0v) is 12.8. The molecule has 2 N–H and O–H groups in total. The molecule has 108 valence electrons. The highest BCUT2D eigenvalue weighted by Gasteiger charge is 2.15. The average Bonchev–Trinajstić information content (AvgIpc) is 2.84. The van der Waals surface area contributed by atoms with Crippen LogP contribution < -0.4 is 5.32 Å². The Kier molecular flexibility index (Phi) is 6.24. The number of thiazole rings is 1. The van der Waals surface area contributed by atoms with Crippen molar-refractivity contribution in [3.63, 3.8) is 0 Å². The van der Waals surface area contributed by atoms with Crippen molar-refractivity contribution >= 4 is 17.4 Å². The highest BCUT2D eigenvalue weighted by atomic mass is 32.1. The lowest BCUT2D eigenvalue weighted by Crippen LogP contribution is -2.39. The lowest BCUT2D eigenvalue weighted by atomic mass is 10.2. The number of rotatable bonds is 6. The van der Waals surface area contributed by atoms with Gasteiger partial charge in [0.25, 0.3) is 0 Å². The number of urea groups is 1. The molecule has 19 heavy (non-hydrogen) atoms. The summed E-state index contributed by atoms with van der Waals surface area (Å²) in [6.45, 7) is 6.24. The molecular weight excluding hydrogens is 262 g/mol. The summed E-state index contributed by atoms with van der Waals surface area (Å²) in [6.07, 6.45) is 1.10. The third-order valence-electron chi connectivity index (χ3n) is 2.88. The Labute approximate surface area is 118 Å². The van der Waals surface area contributed by atoms with Gasteiger partial charge < -0.3 is 15.3 Å². The number of hydrogen-bond donors (Lipinski definition) is 2. The van der Waals surface area contributed by atoms with E-state index in [0.717, 1.165) is 17.1 Å². The number of carbonyl (C=O) groups excluding carboxylic acids is 1. The zero-order chi connectivity index (χ0) is 14.4. The van der Waals surface area contributed by atoms with Crippen molar-refractivity contribution in [1.82, 2.24) is 15.2 Å². The van der Waals surface area contributed by atoms with Crippen LogP contribution in [0.4, 0.5) is 4.79 Å². The van der Waals surface area contributed by atoms with E-state index in [4.69, 9.17) is 0 Å². The Morgan fingerprint density at radius 2 is 2.26 bits per heavy atom. The molecule has 6 heteroatoms. The Morgan fingerprint density at radius 1 is 1.58 bits per heavy atom. The van der Waals surface area contributed by atoms with Gasteiger partial charge in [0.2, 0.25) is 0 Å². The molecule has 2 atom stereocenters. The lowest BCUT2D eigenvalue weighted by molar-refractivity contribution is 0.162. The van der Waals surface area contributed by atoms with Crippen molar-refractivity contribution in [1.29, 1.82) is 0 Å². The van der Waals surface area contributed by atoms with Crippen LogP contribution in [-0.4, -0.2) is 40.7 Å². The zero-order valence-electron chi connectivity index (χ0n) is 12.0. The first-order valence-corrected chi connectivity index (χ1v) is 7.46. The Bertz CT molecular complexity index is 406. The Morgan fingerprint density at radius 3 is 2.79 bits per heavy atom. The van der Waals surface area contributed by atoms with E-state index in [1.54, 1.807) is 30.2 Å². The summed E-state index contributed by atoms with van der Waals surface area (Å²) in [5, 5.41) is 15.2. The molecule has 0 aromatic carbocycles. The van der Waals surface area contributed by atoms with Crippen LogP contribution in [0.5, 0.6) is 0 Å². The summed E-state index contributed by atoms with van der Waals surface area (Å²) < 4.78 is 0. The number of amides is 2. The fourth-order valence-electron chi connectivity index (χ4n) is 1.54. The second-order valence-corrected chi connectivity index (χ2v) is 5.69. The second-order valence-electron chi connectivity index (χ2n) is 4.75. The number of nitrogens with one attached hydrogen (secondary N) is 1. The minimum Gasteiger partial charge on any atom is -0.393 e. The number of aliphatic hydroxyl groups is 1. The molecule has 2 unspecified atom stereocenters. The molecule has 0 aliphatic carbocycles. The fraction of sp³-hybridized carbons (Fsp3) is 0.692. The van der Waals surface area contributed by atoms with Crippen molar-refractivity contribution in [3.05, 3.63) is 16.1 Å². The standard InChI is InChI=1S/C13H23N3O2S/c1-5-12-15-11(8-19-12)10(3)14-13(18)16(4)7-6-9(2)17/h8-10,17H,5-7H2,1-4H3,(H,14,18). The van der Waals surface area contributed by atoms with Gasteiger partial charge in [0, 0.05) is 19.0 Å². The summed E-state index contributed by atoms with van der Waals surface area (Å²) in [6, 6.07) is -0.239. The number of aryl methyl sites for hydroxylation is 1. The smallest absolute Gasteiger partial charge is 0.317 e. The monoisotopic (exact) mass is 285 g/mol. The molecule has 0 saturated heterocycles. The van der Waals surface area contributed by atoms with Gasteiger partial charge in [-0.15, -0.1) is 11.3 Å². The van der Waals surface area contributed by atoms with Crippen molar-refractivity contribution in [2.75, 3.05) is 13.6 Å². The largest absolute Gasteiger partial charge is 0.393 e. The van der Waals surface area contributed by atoms with Gasteiger partial charge in [0.1, 0.15) is 0 Å². The third-order valence-corrected chi connectivity index (χ3v) is 3.90. The van der Waals surface area contributed by atoms with Gasteiger partial charge in [0.15, 0.2) is 0 Å². The van der Waals surface area contributed by atoms with E-state index in [2.05, 4.69) is 17.2 Å². The second kappa shape index (κ2) is 7.45. The van der Waals surface area contributed by atoms with Gasteiger partial charge in [0.05, 0.1) is 22.8 Å². The number of hydrogen-bond acceptors (Lipinski definition) is 4. The predicted molar refractivity (Wildman–Crippen MR) is 77.4 cm³/mol. The molecule has 0 aliphatic rings. The first kappa shape index (κ1) is 15.9. The van der Waals surface area contributed by atoms with Gasteiger partial charge in [-0.05, 0) is 26.7 Å². The number of aliphatic hydroxyl groups excluding tert-OH is 1. The van der Waals surface area contributed by atoms with Crippen molar-refractivity contribution < 1.29 is 9.90 Å². The van der Waals surface area contributed by atoms with Gasteiger partial charge >= 0.3 is 6.03 Å². The van der Waals surface area contributed by atoms with Gasteiger partial charge in [-0.3, -0.25) is 0 Å². The number of nitrogens with zero attached hydrogens (tertiary/aromatic N) is 2. The van der Waals surface area contributed by atoms with E-state index in [1.165, 1.54) is 0 Å². The lowest BCUT2D eigenvalue weighted by Gasteiger charge is -2.21. The Hall–Kier alpha value is -1.14. The molecule has 0 radical (unpaired) electrons. The molecule has 1 aromatic rings. The molecule has 0 spiro atoms. The molecule has 2 amide bonds. The summed E-state index contributed by atoms with van der Waals surface area (Å²) in [5.41, 5.74) is 0.902. The maximum absolute atomic E-state index is 11.9. The summed E-state index contributed by atoms with van der Waals surface area (Å²) in [7, 11) is 1.73. The van der Waals surface area contributed by atoms with Crippen LogP contribution in [0.1, 0.15) is 43.9 Å². The van der Waals surface area contributed by atoms with Crippen molar-refractivity contribution in [2.45, 2.75) is 45.8 Å². The molecule has 1 rings (SSSR count). The SMILES string of the molecule is CCc1nc(C(C)NC(=O)N(C)CCC(C)O)cs1. The van der Waals surface area contributed by atoms with E-state index in [0.29, 0.717) is 13.0 Å². The van der Waals surface area contributed by atoms with Crippen LogP contribution in [0.15, 0.2) is 5.38 Å². The van der Waals surface area contributed by atoms with Gasteiger partial charge in [-0.25, -0.2) is 9.78 Å². The molecule has 0 bridgehead atoms. The number of aromatic nitrogens is 1. The minimum absolute atomic E-state index is 0.0990. The predicted octanol–water partition coefficient (Wildman–Crippen LogP) is 2.18. The third kappa shape index (κ3) is 5.16. The maximum Gasteiger partial charge on any atom is 0.317 e. The molecular formula is C13H23N3O2S. The summed E-state index contributed by atoms with van der Waals surface area (Å²) in [5.74, 6) is 0. The van der Waals surface area contributed by atoms with Crippen LogP contribution >= 0.6 is 11.3 Å². The molecule has 1 aromatic heterocycles. The van der Waals surface area contributed by atoms with Gasteiger partial charge in [-0.1, -0.05) is 6.92 Å². The summed E-state index contributed by atoms with van der Waals surface area (Å²) >= 11 is 1.62. The number of carbonyl (C=O) groups is 1. The van der Waals surface area contributed by atoms with E-state index in [9.17, 15) is 9.90 Å². The average molecular weight is 285 g/mol. The van der Waals surface area contributed by atoms with Crippen molar-refractivity contribution in [3.8, 4) is 0 Å². The molecule has 0 saturated carbocycles. The van der Waals surface area contributed by atoms with E-state index >= 15 is 0 Å². The fourth-order valence-corrected chi connectivity index (χ4v) is 2.38. The van der Waals surface area contributed by atoms with Gasteiger partial charge in [-0.2, -0.15) is 0 Å². The van der Waals surface area contributed by atoms with Crippen molar-refractivity contribution in [2.24, 2.45) is 0 Å². The van der Waals surface area contributed by atoms with E-state index < -0.39 is 6.10 Å². The first-order chi connectivity index (χ1) is 8.93. The molecule has 1 heterocycles. The Balaban J connectivity index is 2.46. The van der Waals surface area contributed by atoms with E-state index in [-0.39, 0.29) is 12.1 Å². The van der Waals surface area contributed by atoms with Crippen LogP contribution in [0.25, 0.3) is 0 Å². The quantitative estimate of drug-likeness (QED) is 0.842. The van der Waals surface area contributed by atoms with E-state index in [1.807, 2.05) is 12.3 Å². The normalized spacial score (nSPS) is 13.9. The first-order valence-electron chi connectivity index (χ1n) is 6.58. The molecule has 5 nitrogen and oxygen atoms in total. The summed E-state index contributed by atoms with van der Waals surface area (Å²) in [4.78, 5) is 18.0. The minimum atomic E-state index is -0.390. The van der Waals surface area contributed by atoms with Crippen LogP contribution in [0.3, 0.4) is 0 Å². The topological polar surface area (TPSA) is 65.5 Å². The molecule has 0 fully saturated rings.